The number of carbonyl (C=O) groups excluding carboxylic acids is 1. The highest BCUT2D eigenvalue weighted by Crippen LogP contribution is 2.24. The lowest BCUT2D eigenvalue weighted by atomic mass is 10.3. The van der Waals surface area contributed by atoms with Crippen LogP contribution in [0.1, 0.15) is 0 Å². The van der Waals surface area contributed by atoms with Gasteiger partial charge in [0, 0.05) is 13.1 Å². The van der Waals surface area contributed by atoms with E-state index in [9.17, 15) is 39.9 Å². The molecule has 1 aromatic heterocycles. The van der Waals surface area contributed by atoms with Crippen molar-refractivity contribution >= 4 is 17.7 Å². The third-order valence-corrected chi connectivity index (χ3v) is 3.24. The molecule has 0 aliphatic carbocycles. The molecule has 0 spiro atoms. The molecule has 170 valence electrons. The maximum Gasteiger partial charge on any atom is 0.422 e. The molecular formula is C16H12F8N4O3. The van der Waals surface area contributed by atoms with Gasteiger partial charge >= 0.3 is 18.4 Å². The summed E-state index contributed by atoms with van der Waals surface area (Å²) in [5.41, 5.74) is -0.392. The molecule has 0 atom stereocenters. The van der Waals surface area contributed by atoms with E-state index in [0.717, 1.165) is 19.2 Å². The predicted molar refractivity (Wildman–Crippen MR) is 88.9 cm³/mol. The summed E-state index contributed by atoms with van der Waals surface area (Å²) in [7, 11) is 1.05. The van der Waals surface area contributed by atoms with Crippen LogP contribution in [0.15, 0.2) is 24.3 Å². The number of carbonyl (C=O) groups is 1. The number of amides is 2. The summed E-state index contributed by atoms with van der Waals surface area (Å²) >= 11 is 0. The first-order valence-electron chi connectivity index (χ1n) is 8.01. The number of halogens is 8. The molecule has 0 radical (unpaired) electrons. The number of benzene rings is 1. The van der Waals surface area contributed by atoms with E-state index in [2.05, 4.69) is 19.4 Å². The molecule has 15 heteroatoms. The normalized spacial score (nSPS) is 11.8. The molecule has 0 saturated heterocycles. The number of hydrogen-bond donors (Lipinski definition) is 1. The molecule has 0 unspecified atom stereocenters. The highest BCUT2D eigenvalue weighted by atomic mass is 19.4. The molecule has 2 rings (SSSR count). The van der Waals surface area contributed by atoms with Gasteiger partial charge in [0.25, 0.3) is 0 Å². The second-order valence-corrected chi connectivity index (χ2v) is 5.76. The Morgan fingerprint density at radius 3 is 1.94 bits per heavy atom. The van der Waals surface area contributed by atoms with Crippen LogP contribution in [-0.2, 0) is 0 Å². The average molecular weight is 460 g/mol. The fourth-order valence-corrected chi connectivity index (χ4v) is 1.96. The third-order valence-electron chi connectivity index (χ3n) is 3.24. The molecule has 1 heterocycles. The Hall–Kier alpha value is -3.39. The first-order chi connectivity index (χ1) is 14.2. The zero-order valence-corrected chi connectivity index (χ0v) is 15.3. The molecule has 7 nitrogen and oxygen atoms in total. The third kappa shape index (κ3) is 7.75. The van der Waals surface area contributed by atoms with Crippen molar-refractivity contribution in [2.75, 3.05) is 30.5 Å². The van der Waals surface area contributed by atoms with Gasteiger partial charge in [-0.2, -0.15) is 36.3 Å². The minimum atomic E-state index is -4.79. The monoisotopic (exact) mass is 460 g/mol. The Balaban J connectivity index is 2.24. The second kappa shape index (κ2) is 9.18. The van der Waals surface area contributed by atoms with Crippen molar-refractivity contribution < 1.29 is 49.4 Å². The average Bonchev–Trinajstić information content (AvgIpc) is 2.63. The van der Waals surface area contributed by atoms with Crippen molar-refractivity contribution in [3.63, 3.8) is 0 Å². The Labute approximate surface area is 168 Å². The fraction of sp³-hybridized carbons (Fsp3) is 0.312. The van der Waals surface area contributed by atoms with E-state index in [0.29, 0.717) is 17.0 Å². The van der Waals surface area contributed by atoms with Crippen molar-refractivity contribution in [2.45, 2.75) is 12.4 Å². The van der Waals surface area contributed by atoms with Crippen LogP contribution >= 0.6 is 0 Å². The van der Waals surface area contributed by atoms with E-state index in [-0.39, 0.29) is 0 Å². The number of ether oxygens (including phenoxy) is 2. The highest BCUT2D eigenvalue weighted by molar-refractivity contribution is 6.00. The summed E-state index contributed by atoms with van der Waals surface area (Å²) < 4.78 is 109. The van der Waals surface area contributed by atoms with Crippen LogP contribution in [0, 0.1) is 11.6 Å². The number of aromatic nitrogens is 2. The van der Waals surface area contributed by atoms with Gasteiger partial charge in [-0.25, -0.2) is 13.6 Å². The van der Waals surface area contributed by atoms with Gasteiger partial charge in [0.15, 0.2) is 13.2 Å². The van der Waals surface area contributed by atoms with Crippen LogP contribution in [0.3, 0.4) is 0 Å². The lowest BCUT2D eigenvalue weighted by molar-refractivity contribution is -0.154. The van der Waals surface area contributed by atoms with Gasteiger partial charge in [0.1, 0.15) is 11.6 Å². The van der Waals surface area contributed by atoms with Gasteiger partial charge in [0.2, 0.25) is 17.7 Å². The minimum absolute atomic E-state index is 0.392. The van der Waals surface area contributed by atoms with E-state index in [1.54, 1.807) is 0 Å². The molecule has 0 saturated carbocycles. The summed E-state index contributed by atoms with van der Waals surface area (Å²) in [6, 6.07) is 1.67. The van der Waals surface area contributed by atoms with Crippen LogP contribution in [0.4, 0.5) is 51.6 Å². The van der Waals surface area contributed by atoms with Crippen LogP contribution in [0.2, 0.25) is 0 Å². The van der Waals surface area contributed by atoms with Crippen LogP contribution in [0.5, 0.6) is 11.8 Å². The quantitative estimate of drug-likeness (QED) is 0.651. The summed E-state index contributed by atoms with van der Waals surface area (Å²) in [6.07, 6.45) is -9.58. The second-order valence-electron chi connectivity index (χ2n) is 5.76. The molecule has 1 N–H and O–H groups in total. The zero-order chi connectivity index (χ0) is 23.4. The minimum Gasteiger partial charge on any atom is -0.468 e. The van der Waals surface area contributed by atoms with Gasteiger partial charge in [-0.15, -0.1) is 0 Å². The number of nitrogens with zero attached hydrogens (tertiary/aromatic N) is 3. The smallest absolute Gasteiger partial charge is 0.422 e. The SMILES string of the molecule is CN(C(=O)Nc1nc(OCC(F)(F)F)cc(OCC(F)(F)F)n1)c1ccc(F)cc1F. The molecule has 0 aliphatic heterocycles. The Bertz CT molecular complexity index is 900. The maximum atomic E-state index is 13.8. The molecular weight excluding hydrogens is 448 g/mol. The number of rotatable bonds is 6. The van der Waals surface area contributed by atoms with Gasteiger partial charge in [-0.1, -0.05) is 0 Å². The van der Waals surface area contributed by atoms with E-state index < -0.39 is 66.6 Å². The zero-order valence-electron chi connectivity index (χ0n) is 15.3. The van der Waals surface area contributed by atoms with E-state index in [1.165, 1.54) is 0 Å². The van der Waals surface area contributed by atoms with E-state index in [1.807, 2.05) is 5.32 Å². The lowest BCUT2D eigenvalue weighted by Gasteiger charge is -2.18. The molecule has 2 amide bonds. The van der Waals surface area contributed by atoms with Crippen molar-refractivity contribution in [3.8, 4) is 11.8 Å². The number of alkyl halides is 6. The van der Waals surface area contributed by atoms with E-state index >= 15 is 0 Å². The van der Waals surface area contributed by atoms with Crippen molar-refractivity contribution in [3.05, 3.63) is 35.9 Å². The molecule has 2 aromatic rings. The summed E-state index contributed by atoms with van der Waals surface area (Å²) in [6.45, 7) is -3.67. The van der Waals surface area contributed by atoms with Gasteiger partial charge in [-0.05, 0) is 12.1 Å². The van der Waals surface area contributed by atoms with Crippen LogP contribution in [0.25, 0.3) is 0 Å². The Morgan fingerprint density at radius 1 is 0.968 bits per heavy atom. The maximum absolute atomic E-state index is 13.8. The summed E-state index contributed by atoms with van der Waals surface area (Å²) in [4.78, 5) is 19.7. The Kier molecular flexibility index (Phi) is 7.07. The first kappa shape index (κ1) is 23.9. The first-order valence-corrected chi connectivity index (χ1v) is 8.01. The van der Waals surface area contributed by atoms with Crippen LogP contribution in [-0.4, -0.2) is 48.6 Å². The van der Waals surface area contributed by atoms with Crippen LogP contribution < -0.4 is 19.7 Å². The molecule has 0 bridgehead atoms. The van der Waals surface area contributed by atoms with Gasteiger partial charge in [0.05, 0.1) is 11.8 Å². The molecule has 31 heavy (non-hydrogen) atoms. The van der Waals surface area contributed by atoms with Crippen molar-refractivity contribution in [2.24, 2.45) is 0 Å². The summed E-state index contributed by atoms with van der Waals surface area (Å²) in [5, 5.41) is 1.94. The van der Waals surface area contributed by atoms with E-state index in [4.69, 9.17) is 0 Å². The van der Waals surface area contributed by atoms with Crippen molar-refractivity contribution in [1.82, 2.24) is 9.97 Å². The van der Waals surface area contributed by atoms with Gasteiger partial charge in [-0.3, -0.25) is 10.2 Å². The fourth-order valence-electron chi connectivity index (χ4n) is 1.96. The highest BCUT2D eigenvalue weighted by Gasteiger charge is 2.30. The standard InChI is InChI=1S/C16H12F8N4O3/c1-28(10-3-2-8(17)4-9(10)18)14(29)27-13-25-11(30-6-15(19,20)21)5-12(26-13)31-7-16(22,23)24/h2-5H,6-7H2,1H3,(H,25,26,27,29). The molecule has 1 aromatic carbocycles. The molecule has 0 aliphatic rings. The number of anilines is 2. The number of urea groups is 1. The largest absolute Gasteiger partial charge is 0.468 e. The summed E-state index contributed by atoms with van der Waals surface area (Å²) in [5.74, 6) is -4.53. The molecule has 0 fully saturated rings. The lowest BCUT2D eigenvalue weighted by Crippen LogP contribution is -2.32. The number of hydrogen-bond acceptors (Lipinski definition) is 5. The van der Waals surface area contributed by atoms with Gasteiger partial charge < -0.3 is 9.47 Å². The predicted octanol–water partition coefficient (Wildman–Crippen LogP) is 4.31. The number of nitrogens with one attached hydrogen (secondary N) is 1. The topological polar surface area (TPSA) is 76.6 Å². The Morgan fingerprint density at radius 2 is 1.48 bits per heavy atom. The van der Waals surface area contributed by atoms with Crippen molar-refractivity contribution in [1.29, 1.82) is 0 Å².